The molecule has 1 aromatic carbocycles. The highest BCUT2D eigenvalue weighted by Gasteiger charge is 2.50. The number of anilines is 1. The molecule has 3 rings (SSSR count). The molecular weight excluding hydrogens is 434 g/mol. The first-order valence-electron chi connectivity index (χ1n) is 10.2. The predicted molar refractivity (Wildman–Crippen MR) is 116 cm³/mol. The summed E-state index contributed by atoms with van der Waals surface area (Å²) in [6.45, 7) is 3.73. The van der Waals surface area contributed by atoms with Gasteiger partial charge in [0.2, 0.25) is 0 Å². The molecule has 0 bridgehead atoms. The highest BCUT2D eigenvalue weighted by Crippen LogP contribution is 2.37. The van der Waals surface area contributed by atoms with Crippen molar-refractivity contribution in [1.82, 2.24) is 9.55 Å². The Labute approximate surface area is 190 Å². The van der Waals surface area contributed by atoms with Gasteiger partial charge in [-0.15, -0.1) is 0 Å². The SMILES string of the molecule is COC[C@@H](OC)[C@@H](OC=O)[C@@H]1OC(C)(C)O[C@H]1n1ccc(NC(=O)c2ccccc2)nc1=O. The average molecular weight is 461 g/mol. The first-order chi connectivity index (χ1) is 15.8. The predicted octanol–water partition coefficient (Wildman–Crippen LogP) is 1.35. The minimum Gasteiger partial charge on any atom is -0.459 e. The molecule has 0 aliphatic carbocycles. The van der Waals surface area contributed by atoms with Gasteiger partial charge >= 0.3 is 5.69 Å². The van der Waals surface area contributed by atoms with Gasteiger partial charge in [-0.3, -0.25) is 14.2 Å². The fourth-order valence-corrected chi connectivity index (χ4v) is 3.57. The number of benzene rings is 1. The lowest BCUT2D eigenvalue weighted by atomic mass is 10.1. The average Bonchev–Trinajstić information content (AvgIpc) is 3.11. The third-order valence-electron chi connectivity index (χ3n) is 5.02. The van der Waals surface area contributed by atoms with Crippen molar-refractivity contribution in [3.05, 3.63) is 58.6 Å². The van der Waals surface area contributed by atoms with Gasteiger partial charge in [0.1, 0.15) is 18.0 Å². The molecule has 11 nitrogen and oxygen atoms in total. The lowest BCUT2D eigenvalue weighted by Crippen LogP contribution is -2.47. The monoisotopic (exact) mass is 461 g/mol. The summed E-state index contributed by atoms with van der Waals surface area (Å²) in [5.74, 6) is -1.42. The fourth-order valence-electron chi connectivity index (χ4n) is 3.57. The molecular formula is C22H27N3O8. The van der Waals surface area contributed by atoms with Gasteiger partial charge in [0.25, 0.3) is 12.4 Å². The van der Waals surface area contributed by atoms with Crippen LogP contribution >= 0.6 is 0 Å². The standard InChI is InChI=1S/C22H27N3O8/c1-22(2)32-18(17(31-13-26)15(30-4)12-29-3)20(33-22)25-11-10-16(24-21(25)28)23-19(27)14-8-6-5-7-9-14/h5-11,13,15,17-18,20H,12H2,1-4H3,(H,23,24,27,28)/t15-,17-,18+,20-/m1/s1. The van der Waals surface area contributed by atoms with Crippen molar-refractivity contribution in [3.8, 4) is 0 Å². The number of ether oxygens (including phenoxy) is 5. The molecule has 1 saturated heterocycles. The van der Waals surface area contributed by atoms with Crippen molar-refractivity contribution in [2.45, 2.75) is 44.2 Å². The minimum absolute atomic E-state index is 0.0784. The third kappa shape index (κ3) is 5.82. The topological polar surface area (TPSA) is 127 Å². The van der Waals surface area contributed by atoms with E-state index in [1.54, 1.807) is 44.2 Å². The van der Waals surface area contributed by atoms with Crippen molar-refractivity contribution in [2.24, 2.45) is 0 Å². The Morgan fingerprint density at radius 3 is 2.58 bits per heavy atom. The van der Waals surface area contributed by atoms with E-state index in [0.717, 1.165) is 0 Å². The van der Waals surface area contributed by atoms with Gasteiger partial charge in [-0.1, -0.05) is 18.2 Å². The number of methoxy groups -OCH3 is 2. The van der Waals surface area contributed by atoms with Crippen LogP contribution in [-0.4, -0.2) is 66.9 Å². The second-order valence-electron chi connectivity index (χ2n) is 7.74. The second kappa shape index (κ2) is 10.7. The molecule has 1 aromatic heterocycles. The number of rotatable bonds is 10. The zero-order chi connectivity index (χ0) is 24.0. The van der Waals surface area contributed by atoms with Crippen LogP contribution in [0.4, 0.5) is 5.82 Å². The molecule has 11 heteroatoms. The van der Waals surface area contributed by atoms with E-state index < -0.39 is 41.9 Å². The number of nitrogens with zero attached hydrogens (tertiary/aromatic N) is 2. The summed E-state index contributed by atoms with van der Waals surface area (Å²) < 4.78 is 28.9. The maximum atomic E-state index is 12.8. The summed E-state index contributed by atoms with van der Waals surface area (Å²) in [7, 11) is 2.92. The Hall–Kier alpha value is -3.12. The van der Waals surface area contributed by atoms with Crippen LogP contribution in [-0.2, 0) is 28.5 Å². The third-order valence-corrected chi connectivity index (χ3v) is 5.02. The number of carbonyl (C=O) groups excluding carboxylic acids is 2. The lowest BCUT2D eigenvalue weighted by Gasteiger charge is -2.30. The molecule has 0 radical (unpaired) electrons. The summed E-state index contributed by atoms with van der Waals surface area (Å²) in [6, 6.07) is 10.0. The maximum Gasteiger partial charge on any atom is 0.351 e. The molecule has 1 fully saturated rings. The normalized spacial score (nSPS) is 21.2. The summed E-state index contributed by atoms with van der Waals surface area (Å²) >= 11 is 0. The first-order valence-corrected chi connectivity index (χ1v) is 10.2. The number of amides is 1. The minimum atomic E-state index is -1.09. The summed E-state index contributed by atoms with van der Waals surface area (Å²) in [5.41, 5.74) is -0.266. The molecule has 2 aromatic rings. The van der Waals surface area contributed by atoms with Gasteiger partial charge in [0.15, 0.2) is 18.1 Å². The van der Waals surface area contributed by atoms with E-state index in [-0.39, 0.29) is 18.9 Å². The van der Waals surface area contributed by atoms with E-state index in [2.05, 4.69) is 10.3 Å². The molecule has 0 saturated carbocycles. The van der Waals surface area contributed by atoms with Crippen LogP contribution in [0.5, 0.6) is 0 Å². The van der Waals surface area contributed by atoms with Crippen molar-refractivity contribution in [2.75, 3.05) is 26.1 Å². The zero-order valence-corrected chi connectivity index (χ0v) is 18.8. The highest BCUT2D eigenvalue weighted by atomic mass is 16.8. The van der Waals surface area contributed by atoms with E-state index >= 15 is 0 Å². The van der Waals surface area contributed by atoms with Crippen LogP contribution < -0.4 is 11.0 Å². The van der Waals surface area contributed by atoms with Gasteiger partial charge in [-0.25, -0.2) is 4.79 Å². The molecule has 178 valence electrons. The molecule has 0 unspecified atom stereocenters. The Morgan fingerprint density at radius 2 is 1.97 bits per heavy atom. The number of carbonyl (C=O) groups is 2. The Kier molecular flexibility index (Phi) is 7.92. The lowest BCUT2D eigenvalue weighted by molar-refractivity contribution is -0.180. The molecule has 1 N–H and O–H groups in total. The van der Waals surface area contributed by atoms with Gasteiger partial charge in [-0.05, 0) is 32.0 Å². The molecule has 0 spiro atoms. The molecule has 4 atom stereocenters. The maximum absolute atomic E-state index is 12.8. The summed E-state index contributed by atoms with van der Waals surface area (Å²) in [6.07, 6.45) is -2.09. The van der Waals surface area contributed by atoms with E-state index in [0.29, 0.717) is 5.56 Å². The van der Waals surface area contributed by atoms with Crippen molar-refractivity contribution in [3.63, 3.8) is 0 Å². The quantitative estimate of drug-likeness (QED) is 0.522. The van der Waals surface area contributed by atoms with Crippen molar-refractivity contribution in [1.29, 1.82) is 0 Å². The second-order valence-corrected chi connectivity index (χ2v) is 7.74. The molecule has 1 aliphatic rings. The van der Waals surface area contributed by atoms with Crippen molar-refractivity contribution >= 4 is 18.2 Å². The van der Waals surface area contributed by atoms with Gasteiger partial charge in [0, 0.05) is 26.0 Å². The number of aromatic nitrogens is 2. The van der Waals surface area contributed by atoms with Crippen LogP contribution in [0.25, 0.3) is 0 Å². The Bertz CT molecular complexity index is 1010. The molecule has 1 amide bonds. The van der Waals surface area contributed by atoms with E-state index in [1.165, 1.54) is 31.0 Å². The number of hydrogen-bond acceptors (Lipinski definition) is 9. The Morgan fingerprint density at radius 1 is 1.24 bits per heavy atom. The molecule has 1 aliphatic heterocycles. The smallest absolute Gasteiger partial charge is 0.351 e. The van der Waals surface area contributed by atoms with Crippen LogP contribution in [0, 0.1) is 0 Å². The largest absolute Gasteiger partial charge is 0.459 e. The van der Waals surface area contributed by atoms with Crippen LogP contribution in [0.15, 0.2) is 47.4 Å². The fraction of sp³-hybridized carbons (Fsp3) is 0.455. The van der Waals surface area contributed by atoms with E-state index in [9.17, 15) is 14.4 Å². The van der Waals surface area contributed by atoms with Gasteiger partial charge in [0.05, 0.1) is 6.61 Å². The van der Waals surface area contributed by atoms with Gasteiger partial charge < -0.3 is 29.0 Å². The zero-order valence-electron chi connectivity index (χ0n) is 18.8. The Balaban J connectivity index is 1.88. The highest BCUT2D eigenvalue weighted by molar-refractivity contribution is 6.03. The van der Waals surface area contributed by atoms with Crippen LogP contribution in [0.2, 0.25) is 0 Å². The van der Waals surface area contributed by atoms with Crippen LogP contribution in [0.1, 0.15) is 30.4 Å². The summed E-state index contributed by atoms with van der Waals surface area (Å²) in [5, 5.41) is 2.59. The number of hydrogen-bond donors (Lipinski definition) is 1. The molecule has 33 heavy (non-hydrogen) atoms. The summed E-state index contributed by atoms with van der Waals surface area (Å²) in [4.78, 5) is 40.3. The van der Waals surface area contributed by atoms with Crippen molar-refractivity contribution < 1.29 is 33.3 Å². The molecule has 2 heterocycles. The van der Waals surface area contributed by atoms with E-state index in [4.69, 9.17) is 23.7 Å². The first kappa shape index (κ1) is 24.5. The number of nitrogens with one attached hydrogen (secondary N) is 1. The van der Waals surface area contributed by atoms with E-state index in [1.807, 2.05) is 0 Å². The van der Waals surface area contributed by atoms with Gasteiger partial charge in [-0.2, -0.15) is 4.98 Å². The van der Waals surface area contributed by atoms with Crippen LogP contribution in [0.3, 0.4) is 0 Å².